The second kappa shape index (κ2) is 8.67. The zero-order chi connectivity index (χ0) is 19.4. The highest BCUT2D eigenvalue weighted by molar-refractivity contribution is 7.99. The number of carbonyl (C=O) groups is 1. The molecule has 1 amide bonds. The molecule has 1 heterocycles. The normalized spacial score (nSPS) is 11.9. The second-order valence-corrected chi connectivity index (χ2v) is 8.42. The van der Waals surface area contributed by atoms with Crippen LogP contribution in [0.25, 0.3) is 10.2 Å². The molecule has 3 rings (SSSR count). The van der Waals surface area contributed by atoms with Crippen LogP contribution in [0.2, 0.25) is 0 Å². The van der Waals surface area contributed by atoms with Gasteiger partial charge in [0.15, 0.2) is 4.80 Å². The molecule has 0 saturated carbocycles. The number of hydrogen-bond donors (Lipinski definition) is 0. The van der Waals surface area contributed by atoms with Crippen LogP contribution in [0.5, 0.6) is 0 Å². The number of amides is 1. The molecule has 0 aliphatic heterocycles. The predicted octanol–water partition coefficient (Wildman–Crippen LogP) is 5.25. The van der Waals surface area contributed by atoms with Crippen molar-refractivity contribution in [2.24, 2.45) is 4.99 Å². The fraction of sp³-hybridized carbons (Fsp3) is 0.238. The Morgan fingerprint density at radius 2 is 1.96 bits per heavy atom. The summed E-state index contributed by atoms with van der Waals surface area (Å²) in [6.45, 7) is 8.60. The first-order valence-electron chi connectivity index (χ1n) is 8.65. The number of allylic oxidation sites excluding steroid dienone is 1. The van der Waals surface area contributed by atoms with E-state index in [1.807, 2.05) is 10.6 Å². The van der Waals surface area contributed by atoms with Gasteiger partial charge in [0.25, 0.3) is 0 Å². The van der Waals surface area contributed by atoms with Crippen molar-refractivity contribution in [1.29, 1.82) is 0 Å². The first-order valence-corrected chi connectivity index (χ1v) is 10.5. The molecule has 0 fully saturated rings. The quantitative estimate of drug-likeness (QED) is 0.418. The van der Waals surface area contributed by atoms with E-state index in [-0.39, 0.29) is 11.7 Å². The van der Waals surface area contributed by atoms with Crippen molar-refractivity contribution in [2.75, 3.05) is 5.75 Å². The molecule has 0 aliphatic carbocycles. The Morgan fingerprint density at radius 3 is 2.67 bits per heavy atom. The van der Waals surface area contributed by atoms with E-state index in [9.17, 15) is 9.18 Å². The van der Waals surface area contributed by atoms with Gasteiger partial charge in [-0.1, -0.05) is 17.4 Å². The van der Waals surface area contributed by atoms with Gasteiger partial charge in [0.05, 0.1) is 10.2 Å². The summed E-state index contributed by atoms with van der Waals surface area (Å²) in [5, 5.41) is 0. The molecule has 27 heavy (non-hydrogen) atoms. The molecule has 0 atom stereocenters. The zero-order valence-corrected chi connectivity index (χ0v) is 17.0. The minimum Gasteiger partial charge on any atom is -0.312 e. The maximum Gasteiger partial charge on any atom is 0.249 e. The Bertz CT molecular complexity index is 1050. The van der Waals surface area contributed by atoms with Crippen LogP contribution in [-0.4, -0.2) is 16.2 Å². The maximum atomic E-state index is 12.9. The number of carbonyl (C=O) groups excluding carboxylic acids is 1. The molecule has 0 unspecified atom stereocenters. The molecule has 2 aromatic carbocycles. The van der Waals surface area contributed by atoms with Gasteiger partial charge in [-0.2, -0.15) is 4.99 Å². The first-order chi connectivity index (χ1) is 13.0. The van der Waals surface area contributed by atoms with Crippen molar-refractivity contribution in [3.63, 3.8) is 0 Å². The standard InChI is InChI=1S/C21H21FN2OS2/c1-4-10-24-18-12-14(2)15(3)13-19(18)27-21(24)23-20(25)9-11-26-17-7-5-16(22)6-8-17/h4-8,12-13H,1,9-11H2,2-3H3. The summed E-state index contributed by atoms with van der Waals surface area (Å²) in [5.41, 5.74) is 3.52. The van der Waals surface area contributed by atoms with Crippen molar-refractivity contribution in [2.45, 2.75) is 31.7 Å². The number of aromatic nitrogens is 1. The molecule has 6 heteroatoms. The summed E-state index contributed by atoms with van der Waals surface area (Å²) in [6, 6.07) is 10.6. The van der Waals surface area contributed by atoms with E-state index in [2.05, 4.69) is 37.6 Å². The first kappa shape index (κ1) is 19.6. The fourth-order valence-electron chi connectivity index (χ4n) is 2.66. The minimum absolute atomic E-state index is 0.151. The summed E-state index contributed by atoms with van der Waals surface area (Å²) in [4.78, 5) is 18.3. The van der Waals surface area contributed by atoms with Gasteiger partial charge in [-0.15, -0.1) is 18.3 Å². The van der Waals surface area contributed by atoms with E-state index < -0.39 is 0 Å². The van der Waals surface area contributed by atoms with E-state index in [0.29, 0.717) is 23.5 Å². The number of thioether (sulfide) groups is 1. The van der Waals surface area contributed by atoms with Crippen molar-refractivity contribution < 1.29 is 9.18 Å². The molecule has 3 nitrogen and oxygen atoms in total. The van der Waals surface area contributed by atoms with Gasteiger partial charge < -0.3 is 4.57 Å². The molecule has 3 aromatic rings. The predicted molar refractivity (Wildman–Crippen MR) is 112 cm³/mol. The number of nitrogens with zero attached hydrogens (tertiary/aromatic N) is 2. The van der Waals surface area contributed by atoms with Crippen LogP contribution in [0.4, 0.5) is 4.39 Å². The minimum atomic E-state index is -0.257. The summed E-state index contributed by atoms with van der Waals surface area (Å²) in [6.07, 6.45) is 2.15. The van der Waals surface area contributed by atoms with Crippen LogP contribution < -0.4 is 4.80 Å². The molecular formula is C21H21FN2OS2. The van der Waals surface area contributed by atoms with Gasteiger partial charge in [0.1, 0.15) is 5.82 Å². The third kappa shape index (κ3) is 4.76. The Hall–Kier alpha value is -2.18. The van der Waals surface area contributed by atoms with Gasteiger partial charge in [-0.25, -0.2) is 4.39 Å². The number of aryl methyl sites for hydroxylation is 2. The van der Waals surface area contributed by atoms with Crippen LogP contribution in [0.3, 0.4) is 0 Å². The Labute approximate surface area is 166 Å². The molecule has 0 radical (unpaired) electrons. The number of rotatable bonds is 6. The number of halogens is 1. The summed E-state index contributed by atoms with van der Waals surface area (Å²) in [7, 11) is 0. The van der Waals surface area contributed by atoms with Gasteiger partial charge in [0.2, 0.25) is 5.91 Å². The summed E-state index contributed by atoms with van der Waals surface area (Å²) in [5.74, 6) is 0.202. The van der Waals surface area contributed by atoms with E-state index in [0.717, 1.165) is 15.1 Å². The van der Waals surface area contributed by atoms with Crippen LogP contribution in [0.1, 0.15) is 17.5 Å². The zero-order valence-electron chi connectivity index (χ0n) is 15.4. The Morgan fingerprint density at radius 1 is 1.26 bits per heavy atom. The van der Waals surface area contributed by atoms with Crippen molar-refractivity contribution >= 4 is 39.2 Å². The Kier molecular flexibility index (Phi) is 6.29. The number of thiazole rings is 1. The smallest absolute Gasteiger partial charge is 0.249 e. The second-order valence-electron chi connectivity index (χ2n) is 6.25. The van der Waals surface area contributed by atoms with Gasteiger partial charge in [-0.05, 0) is 61.4 Å². The fourth-order valence-corrected chi connectivity index (χ4v) is 4.64. The molecule has 1 aromatic heterocycles. The molecule has 0 N–H and O–H groups in total. The lowest BCUT2D eigenvalue weighted by Crippen LogP contribution is -2.16. The van der Waals surface area contributed by atoms with Gasteiger partial charge in [0, 0.05) is 23.6 Å². The van der Waals surface area contributed by atoms with Gasteiger partial charge >= 0.3 is 0 Å². The van der Waals surface area contributed by atoms with E-state index >= 15 is 0 Å². The van der Waals surface area contributed by atoms with Crippen LogP contribution in [0.15, 0.2) is 58.9 Å². The molecule has 0 spiro atoms. The van der Waals surface area contributed by atoms with Crippen molar-refractivity contribution in [3.8, 4) is 0 Å². The SMILES string of the molecule is C=CCn1c(=NC(=O)CCSc2ccc(F)cc2)sc2cc(C)c(C)cc21. The summed E-state index contributed by atoms with van der Waals surface area (Å²) >= 11 is 3.05. The highest BCUT2D eigenvalue weighted by Crippen LogP contribution is 2.22. The van der Waals surface area contributed by atoms with Gasteiger partial charge in [-0.3, -0.25) is 4.79 Å². The summed E-state index contributed by atoms with van der Waals surface area (Å²) < 4.78 is 16.1. The van der Waals surface area contributed by atoms with E-state index in [4.69, 9.17) is 0 Å². The molecule has 140 valence electrons. The lowest BCUT2D eigenvalue weighted by Gasteiger charge is -2.04. The number of fused-ring (bicyclic) bond motifs is 1. The molecular weight excluding hydrogens is 379 g/mol. The molecule has 0 aliphatic rings. The van der Waals surface area contributed by atoms with E-state index in [1.165, 1.54) is 46.4 Å². The molecule has 0 bridgehead atoms. The van der Waals surface area contributed by atoms with Crippen LogP contribution in [-0.2, 0) is 11.3 Å². The third-order valence-corrected chi connectivity index (χ3v) is 6.28. The van der Waals surface area contributed by atoms with Crippen molar-refractivity contribution in [1.82, 2.24) is 4.57 Å². The number of benzene rings is 2. The van der Waals surface area contributed by atoms with Crippen molar-refractivity contribution in [3.05, 3.63) is 70.8 Å². The topological polar surface area (TPSA) is 34.4 Å². The average Bonchev–Trinajstić information content (AvgIpc) is 2.94. The lowest BCUT2D eigenvalue weighted by molar-refractivity contribution is -0.117. The monoisotopic (exact) mass is 400 g/mol. The largest absolute Gasteiger partial charge is 0.312 e. The number of hydrogen-bond acceptors (Lipinski definition) is 3. The highest BCUT2D eigenvalue weighted by atomic mass is 32.2. The maximum absolute atomic E-state index is 12.9. The van der Waals surface area contributed by atoms with Crippen LogP contribution >= 0.6 is 23.1 Å². The Balaban J connectivity index is 1.79. The van der Waals surface area contributed by atoms with E-state index in [1.54, 1.807) is 12.1 Å². The average molecular weight is 401 g/mol. The highest BCUT2D eigenvalue weighted by Gasteiger charge is 2.09. The van der Waals surface area contributed by atoms with Crippen LogP contribution in [0, 0.1) is 19.7 Å². The lowest BCUT2D eigenvalue weighted by atomic mass is 10.1. The third-order valence-electron chi connectivity index (χ3n) is 4.23. The molecule has 0 saturated heterocycles.